The molecule has 32 nitrogen and oxygen atoms in total. The smallest absolute Gasteiger partial charge is 0.481 e. The topological polar surface area (TPSA) is 446 Å². The second-order valence-electron chi connectivity index (χ2n) is 14.1. The van der Waals surface area contributed by atoms with Crippen molar-refractivity contribution in [1.82, 2.24) is 0 Å². The van der Waals surface area contributed by atoms with Crippen LogP contribution in [0.4, 0.5) is 14.4 Å². The predicted molar refractivity (Wildman–Crippen MR) is 280 cm³/mol. The van der Waals surface area contributed by atoms with Gasteiger partial charge in [-0.25, -0.2) is 14.4 Å². The van der Waals surface area contributed by atoms with Gasteiger partial charge in [0, 0.05) is 82.4 Å². The monoisotopic (exact) mass is 1180 g/mol. The summed E-state index contributed by atoms with van der Waals surface area (Å²) in [7, 11) is 10.9. The Kier molecular flexibility index (Phi) is 99.7. The lowest BCUT2D eigenvalue weighted by Crippen LogP contribution is -2.08. The van der Waals surface area contributed by atoms with Crippen LogP contribution >= 0.6 is 0 Å². The molecule has 0 unspecified atom stereocenters. The second kappa shape index (κ2) is 87.5. The first-order chi connectivity index (χ1) is 38.2. The van der Waals surface area contributed by atoms with Gasteiger partial charge in [-0.3, -0.25) is 24.0 Å². The quantitative estimate of drug-likeness (QED) is 0.0243. The van der Waals surface area contributed by atoms with Crippen molar-refractivity contribution in [2.45, 2.75) is 71.1 Å². The van der Waals surface area contributed by atoms with Crippen molar-refractivity contribution in [3.05, 3.63) is 0 Å². The van der Waals surface area contributed by atoms with Crippen molar-refractivity contribution in [3.8, 4) is 0 Å². The molecule has 0 aliphatic carbocycles. The molecule has 480 valence electrons. The van der Waals surface area contributed by atoms with E-state index in [0.29, 0.717) is 112 Å². The highest BCUT2D eigenvalue weighted by Crippen LogP contribution is 2.00. The molecule has 0 bridgehead atoms. The van der Waals surface area contributed by atoms with Crippen LogP contribution < -0.4 is 0 Å². The molecule has 0 amide bonds. The van der Waals surface area contributed by atoms with Crippen LogP contribution in [0.5, 0.6) is 0 Å². The van der Waals surface area contributed by atoms with Crippen LogP contribution in [0, 0.1) is 0 Å². The van der Waals surface area contributed by atoms with Crippen LogP contribution in [-0.2, 0) is 99.8 Å². The lowest BCUT2D eigenvalue weighted by Gasteiger charge is -2.02. The normalized spacial score (nSPS) is 9.55. The molecule has 0 saturated carbocycles. The van der Waals surface area contributed by atoms with Gasteiger partial charge in [-0.05, 0) is 25.7 Å². The largest absolute Gasteiger partial charge is 0.505 e. The predicted octanol–water partition coefficient (Wildman–Crippen LogP) is 3.94. The maximum absolute atomic E-state index is 10.1. The number of carbonyl (C=O) groups is 8. The molecule has 0 aliphatic rings. The summed E-state index contributed by atoms with van der Waals surface area (Å²) in [6.45, 7) is 11.2. The third-order valence-electron chi connectivity index (χ3n) is 7.23. The van der Waals surface area contributed by atoms with Gasteiger partial charge in [0.05, 0.1) is 125 Å². The van der Waals surface area contributed by atoms with Crippen molar-refractivity contribution in [3.63, 3.8) is 0 Å². The number of ether oxygens (including phenoxy) is 16. The van der Waals surface area contributed by atoms with Crippen LogP contribution in [0.1, 0.15) is 71.1 Å². The summed E-state index contributed by atoms with van der Waals surface area (Å²) in [5.41, 5.74) is 0. The number of hydrogen-bond acceptors (Lipinski definition) is 24. The lowest BCUT2D eigenvalue weighted by molar-refractivity contribution is -0.139. The Labute approximate surface area is 468 Å². The van der Waals surface area contributed by atoms with Crippen molar-refractivity contribution < 1.29 is 155 Å². The molecule has 8 N–H and O–H groups in total. The Hall–Kier alpha value is -5.36. The van der Waals surface area contributed by atoms with Gasteiger partial charge >= 0.3 is 48.3 Å². The van der Waals surface area contributed by atoms with Crippen molar-refractivity contribution in [1.29, 1.82) is 0 Å². The van der Waals surface area contributed by atoms with E-state index in [1.807, 2.05) is 6.92 Å². The molecule has 0 rings (SSSR count). The third-order valence-corrected chi connectivity index (χ3v) is 7.23. The Morgan fingerprint density at radius 1 is 0.237 bits per heavy atom. The van der Waals surface area contributed by atoms with E-state index < -0.39 is 48.3 Å². The molecule has 0 aromatic heterocycles. The molecule has 80 heavy (non-hydrogen) atoms. The highest BCUT2D eigenvalue weighted by atomic mass is 16.7. The van der Waals surface area contributed by atoms with E-state index in [9.17, 15) is 38.4 Å². The maximum atomic E-state index is 10.1. The third kappa shape index (κ3) is 145. The molecular formula is C48H96O32. The molecular weight excluding hydrogens is 1090 g/mol. The molecule has 0 saturated heterocycles. The maximum Gasteiger partial charge on any atom is 0.505 e. The van der Waals surface area contributed by atoms with Crippen molar-refractivity contribution >= 4 is 48.3 Å². The minimum Gasteiger partial charge on any atom is -0.481 e. The minimum absolute atomic E-state index is 0.0592. The van der Waals surface area contributed by atoms with Crippen LogP contribution in [0.3, 0.4) is 0 Å². The molecule has 0 heterocycles. The molecule has 0 radical (unpaired) electrons. The van der Waals surface area contributed by atoms with Crippen LogP contribution in [-0.4, -0.2) is 284 Å². The molecule has 0 aromatic rings. The number of methoxy groups -OCH3 is 7. The van der Waals surface area contributed by atoms with Gasteiger partial charge < -0.3 is 117 Å². The lowest BCUT2D eigenvalue weighted by atomic mass is 10.2. The fraction of sp³-hybridized carbons (Fsp3) is 0.833. The highest BCUT2D eigenvalue weighted by Gasteiger charge is 2.00. The zero-order chi connectivity index (χ0) is 62.6. The first-order valence-corrected chi connectivity index (χ1v) is 24.7. The number of hydrogen-bond donors (Lipinski definition) is 8. The first kappa shape index (κ1) is 91.1. The molecule has 0 aliphatic heterocycles. The van der Waals surface area contributed by atoms with E-state index in [0.717, 1.165) is 25.7 Å². The van der Waals surface area contributed by atoms with E-state index >= 15 is 0 Å². The highest BCUT2D eigenvalue weighted by molar-refractivity contribution is 5.67. The van der Waals surface area contributed by atoms with E-state index in [4.69, 9.17) is 78.7 Å². The van der Waals surface area contributed by atoms with Gasteiger partial charge in [0.15, 0.2) is 0 Å². The van der Waals surface area contributed by atoms with E-state index in [1.54, 1.807) is 35.5 Å². The van der Waals surface area contributed by atoms with Gasteiger partial charge in [0.1, 0.15) is 19.8 Å². The fourth-order valence-corrected chi connectivity index (χ4v) is 3.54. The Bertz CT molecular complexity index is 1190. The summed E-state index contributed by atoms with van der Waals surface area (Å²) in [5.74, 6) is -4.01. The first-order valence-electron chi connectivity index (χ1n) is 24.7. The molecule has 0 fully saturated rings. The van der Waals surface area contributed by atoms with Crippen LogP contribution in [0.15, 0.2) is 0 Å². The summed E-state index contributed by atoms with van der Waals surface area (Å²) < 4.78 is 74.7. The van der Waals surface area contributed by atoms with Crippen LogP contribution in [0.25, 0.3) is 0 Å². The van der Waals surface area contributed by atoms with Gasteiger partial charge in [0.25, 0.3) is 0 Å². The SMILES string of the molecule is CCCOCCOC(=O)O.COCCOC(=O)O.COCCOC(=O)O.COCCOCCC(=O)O.COCCOCCC(=O)O.COCCOCCC(=O)O.COCCOCCCC(=O)O.COCCOCCCCCC(=O)O. The molecule has 0 aromatic carbocycles. The van der Waals surface area contributed by atoms with E-state index in [2.05, 4.69) is 37.9 Å². The number of rotatable bonds is 45. The van der Waals surface area contributed by atoms with Gasteiger partial charge in [-0.1, -0.05) is 13.3 Å². The van der Waals surface area contributed by atoms with E-state index in [-0.39, 0.29) is 71.7 Å². The van der Waals surface area contributed by atoms with Gasteiger partial charge in [-0.15, -0.1) is 0 Å². The number of aliphatic carboxylic acids is 5. The molecule has 0 atom stereocenters. The van der Waals surface area contributed by atoms with Gasteiger partial charge in [0.2, 0.25) is 0 Å². The summed E-state index contributed by atoms with van der Waals surface area (Å²) in [6, 6.07) is 0. The number of carboxylic acid groups (broad SMARTS) is 8. The van der Waals surface area contributed by atoms with E-state index in [1.165, 1.54) is 14.2 Å². The van der Waals surface area contributed by atoms with Crippen LogP contribution in [0.2, 0.25) is 0 Å². The molecule has 0 spiro atoms. The summed E-state index contributed by atoms with van der Waals surface area (Å²) >= 11 is 0. The minimum atomic E-state index is -1.26. The standard InChI is InChI=1S/C9H18O4.C7H14O4.4C6H12O4.2C4H8O4/c1-12-7-8-13-6-4-2-3-5-9(10)11;1-10-5-6-11-4-2-3-7(8)9;3*1-9-4-5-10-3-2-6(7)8;1-2-3-9-4-5-10-6(7)8;2*1-7-2-3-8-4(5)6/h2-8H2,1H3,(H,10,11);2-6H2,1H3,(H,8,9);4*2-5H2,1H3,(H,7,8);2*2-3H2,1H3,(H,5,6). The Balaban J connectivity index is -0.000000124. The zero-order valence-electron chi connectivity index (χ0n) is 48.0. The fourth-order valence-electron chi connectivity index (χ4n) is 3.54. The molecule has 32 heteroatoms. The van der Waals surface area contributed by atoms with Gasteiger partial charge in [-0.2, -0.15) is 0 Å². The summed E-state index contributed by atoms with van der Waals surface area (Å²) in [4.78, 5) is 78.8. The average molecular weight is 1190 g/mol. The number of carboxylic acids is 5. The Morgan fingerprint density at radius 3 is 0.725 bits per heavy atom. The zero-order valence-corrected chi connectivity index (χ0v) is 48.0. The second-order valence-corrected chi connectivity index (χ2v) is 14.1. The Morgan fingerprint density at radius 2 is 0.463 bits per heavy atom. The van der Waals surface area contributed by atoms with Crippen molar-refractivity contribution in [2.75, 3.05) is 195 Å². The average Bonchev–Trinajstić information content (AvgIpc) is 3.39. The summed E-state index contributed by atoms with van der Waals surface area (Å²) in [5, 5.41) is 64.8. The number of unbranched alkanes of at least 4 members (excludes halogenated alkanes) is 2. The van der Waals surface area contributed by atoms with Crippen molar-refractivity contribution in [2.24, 2.45) is 0 Å². The summed E-state index contributed by atoms with van der Waals surface area (Å²) in [6.07, 6.45) is 0.928.